The van der Waals surface area contributed by atoms with Crippen molar-refractivity contribution >= 4 is 17.5 Å². The molecule has 148 valence electrons. The minimum absolute atomic E-state index is 0.00799. The number of pyridine rings is 1. The fourth-order valence-electron chi connectivity index (χ4n) is 3.53. The maximum atomic E-state index is 12.4. The molecule has 1 aliphatic heterocycles. The molecule has 1 aromatic heterocycles. The zero-order chi connectivity index (χ0) is 19.9. The average Bonchev–Trinajstić information content (AvgIpc) is 2.73. The fourth-order valence-corrected chi connectivity index (χ4v) is 3.53. The highest BCUT2D eigenvalue weighted by molar-refractivity contribution is 5.98. The highest BCUT2D eigenvalue weighted by atomic mass is 16.2. The first-order valence-corrected chi connectivity index (χ1v) is 10.1. The van der Waals surface area contributed by atoms with Crippen LogP contribution in [0.4, 0.5) is 5.82 Å². The summed E-state index contributed by atoms with van der Waals surface area (Å²) in [4.78, 5) is 31.4. The molecule has 0 spiro atoms. The van der Waals surface area contributed by atoms with Crippen molar-refractivity contribution < 1.29 is 9.59 Å². The second kappa shape index (κ2) is 9.49. The minimum atomic E-state index is -0.106. The van der Waals surface area contributed by atoms with Gasteiger partial charge in [0, 0.05) is 49.8 Å². The number of hydrogen-bond donors (Lipinski definition) is 1. The van der Waals surface area contributed by atoms with Gasteiger partial charge in [0.05, 0.1) is 0 Å². The lowest BCUT2D eigenvalue weighted by Crippen LogP contribution is -2.32. The lowest BCUT2D eigenvalue weighted by Gasteiger charge is -2.29. The van der Waals surface area contributed by atoms with Gasteiger partial charge in [0.1, 0.15) is 5.82 Å². The molecule has 0 bridgehead atoms. The van der Waals surface area contributed by atoms with E-state index < -0.39 is 0 Å². The summed E-state index contributed by atoms with van der Waals surface area (Å²) in [5.41, 5.74) is 3.96. The molecular formula is C23H29N3O2. The van der Waals surface area contributed by atoms with Crippen molar-refractivity contribution in [1.82, 2.24) is 10.3 Å². The Labute approximate surface area is 167 Å². The number of nitrogens with one attached hydrogen (secondary N) is 1. The molecule has 0 unspecified atom stereocenters. The van der Waals surface area contributed by atoms with Gasteiger partial charge in [0.25, 0.3) is 0 Å². The molecule has 2 aromatic rings. The number of carbonyl (C=O) groups excluding carboxylic acids is 2. The predicted octanol–water partition coefficient (Wildman–Crippen LogP) is 3.97. The molecule has 3 rings (SSSR count). The van der Waals surface area contributed by atoms with E-state index in [-0.39, 0.29) is 24.5 Å². The second-order valence-corrected chi connectivity index (χ2v) is 7.53. The van der Waals surface area contributed by atoms with Gasteiger partial charge in [0.15, 0.2) is 5.78 Å². The predicted molar refractivity (Wildman–Crippen MR) is 112 cm³/mol. The third-order valence-electron chi connectivity index (χ3n) is 5.41. The van der Waals surface area contributed by atoms with Crippen molar-refractivity contribution in [3.05, 3.63) is 58.8 Å². The van der Waals surface area contributed by atoms with Gasteiger partial charge in [-0.2, -0.15) is 0 Å². The van der Waals surface area contributed by atoms with Gasteiger partial charge in [-0.1, -0.05) is 18.2 Å². The van der Waals surface area contributed by atoms with Crippen LogP contribution in [0.25, 0.3) is 0 Å². The summed E-state index contributed by atoms with van der Waals surface area (Å²) < 4.78 is 0. The number of benzene rings is 1. The molecule has 1 saturated heterocycles. The molecule has 1 fully saturated rings. The van der Waals surface area contributed by atoms with Gasteiger partial charge in [-0.15, -0.1) is 0 Å². The molecule has 0 atom stereocenters. The van der Waals surface area contributed by atoms with E-state index in [2.05, 4.69) is 15.2 Å². The smallest absolute Gasteiger partial charge is 0.220 e. The van der Waals surface area contributed by atoms with Crippen LogP contribution in [-0.4, -0.2) is 29.8 Å². The summed E-state index contributed by atoms with van der Waals surface area (Å²) in [6, 6.07) is 9.60. The Morgan fingerprint density at radius 2 is 1.82 bits per heavy atom. The van der Waals surface area contributed by atoms with E-state index in [4.69, 9.17) is 0 Å². The van der Waals surface area contributed by atoms with Crippen molar-refractivity contribution in [2.75, 3.05) is 18.0 Å². The molecular weight excluding hydrogens is 350 g/mol. The van der Waals surface area contributed by atoms with E-state index in [0.717, 1.165) is 35.6 Å². The van der Waals surface area contributed by atoms with Gasteiger partial charge >= 0.3 is 0 Å². The van der Waals surface area contributed by atoms with Crippen molar-refractivity contribution in [2.24, 2.45) is 0 Å². The summed E-state index contributed by atoms with van der Waals surface area (Å²) in [5, 5.41) is 2.95. The lowest BCUT2D eigenvalue weighted by molar-refractivity contribution is -0.121. The number of aromatic nitrogens is 1. The van der Waals surface area contributed by atoms with Crippen LogP contribution in [0, 0.1) is 13.8 Å². The monoisotopic (exact) mass is 379 g/mol. The first-order chi connectivity index (χ1) is 13.5. The number of rotatable bonds is 7. The fraction of sp³-hybridized carbons (Fsp3) is 0.435. The van der Waals surface area contributed by atoms with Crippen LogP contribution in [0.15, 0.2) is 36.5 Å². The maximum absolute atomic E-state index is 12.4. The standard InChI is InChI=1S/C23H29N3O2/c1-17-8-9-19(15-18(17)2)21(27)10-11-22(28)25-16-20-7-6-12-24-23(20)26-13-4-3-5-14-26/h6-9,12,15H,3-5,10-11,13-14,16H2,1-2H3,(H,25,28). The molecule has 0 saturated carbocycles. The van der Waals surface area contributed by atoms with Crippen LogP contribution < -0.4 is 10.2 Å². The zero-order valence-corrected chi connectivity index (χ0v) is 16.8. The van der Waals surface area contributed by atoms with Gasteiger partial charge < -0.3 is 10.2 Å². The highest BCUT2D eigenvalue weighted by Crippen LogP contribution is 2.21. The number of ketones is 1. The van der Waals surface area contributed by atoms with E-state index >= 15 is 0 Å². The van der Waals surface area contributed by atoms with Gasteiger partial charge in [-0.25, -0.2) is 4.98 Å². The molecule has 0 aliphatic carbocycles. The second-order valence-electron chi connectivity index (χ2n) is 7.53. The van der Waals surface area contributed by atoms with Crippen molar-refractivity contribution in [3.8, 4) is 0 Å². The first-order valence-electron chi connectivity index (χ1n) is 10.1. The molecule has 2 heterocycles. The van der Waals surface area contributed by atoms with Crippen molar-refractivity contribution in [2.45, 2.75) is 52.5 Å². The van der Waals surface area contributed by atoms with Crippen LogP contribution in [0.5, 0.6) is 0 Å². The number of hydrogen-bond acceptors (Lipinski definition) is 4. The van der Waals surface area contributed by atoms with E-state index in [9.17, 15) is 9.59 Å². The Bertz CT molecular complexity index is 841. The van der Waals surface area contributed by atoms with E-state index in [1.807, 2.05) is 44.2 Å². The summed E-state index contributed by atoms with van der Waals surface area (Å²) >= 11 is 0. The zero-order valence-electron chi connectivity index (χ0n) is 16.8. The Balaban J connectivity index is 1.52. The number of nitrogens with zero attached hydrogens (tertiary/aromatic N) is 2. The Kier molecular flexibility index (Phi) is 6.80. The van der Waals surface area contributed by atoms with Crippen molar-refractivity contribution in [1.29, 1.82) is 0 Å². The largest absolute Gasteiger partial charge is 0.356 e. The quantitative estimate of drug-likeness (QED) is 0.740. The summed E-state index contributed by atoms with van der Waals surface area (Å²) in [7, 11) is 0. The number of carbonyl (C=O) groups is 2. The summed E-state index contributed by atoms with van der Waals surface area (Å²) in [6.45, 7) is 6.49. The molecule has 1 aliphatic rings. The normalized spacial score (nSPS) is 14.0. The maximum Gasteiger partial charge on any atom is 0.220 e. The number of aryl methyl sites for hydroxylation is 2. The molecule has 0 radical (unpaired) electrons. The number of piperidine rings is 1. The average molecular weight is 380 g/mol. The lowest BCUT2D eigenvalue weighted by atomic mass is 10.0. The molecule has 28 heavy (non-hydrogen) atoms. The molecule has 1 amide bonds. The van der Waals surface area contributed by atoms with E-state index in [1.165, 1.54) is 19.3 Å². The molecule has 5 nitrogen and oxygen atoms in total. The number of amides is 1. The Hall–Kier alpha value is -2.69. The SMILES string of the molecule is Cc1ccc(C(=O)CCC(=O)NCc2cccnc2N2CCCCC2)cc1C. The van der Waals surface area contributed by atoms with Crippen LogP contribution in [0.3, 0.4) is 0 Å². The van der Waals surface area contributed by atoms with Crippen LogP contribution in [-0.2, 0) is 11.3 Å². The molecule has 1 N–H and O–H groups in total. The third kappa shape index (κ3) is 5.18. The minimum Gasteiger partial charge on any atom is -0.356 e. The summed E-state index contributed by atoms with van der Waals surface area (Å²) in [5.74, 6) is 0.868. The Morgan fingerprint density at radius 3 is 2.57 bits per heavy atom. The van der Waals surface area contributed by atoms with E-state index in [0.29, 0.717) is 12.1 Å². The number of anilines is 1. The highest BCUT2D eigenvalue weighted by Gasteiger charge is 2.16. The summed E-state index contributed by atoms with van der Waals surface area (Å²) in [6.07, 6.45) is 5.86. The number of Topliss-reactive ketones (excluding diaryl/α,β-unsaturated/α-hetero) is 1. The first kappa shape index (κ1) is 20.1. The molecule has 5 heteroatoms. The Morgan fingerprint density at radius 1 is 1.04 bits per heavy atom. The van der Waals surface area contributed by atoms with Crippen LogP contribution in [0.1, 0.15) is 59.2 Å². The van der Waals surface area contributed by atoms with Gasteiger partial charge in [-0.05, 0) is 56.4 Å². The van der Waals surface area contributed by atoms with Gasteiger partial charge in [0.2, 0.25) is 5.91 Å². The third-order valence-corrected chi connectivity index (χ3v) is 5.41. The topological polar surface area (TPSA) is 62.3 Å². The van der Waals surface area contributed by atoms with Crippen LogP contribution in [0.2, 0.25) is 0 Å². The van der Waals surface area contributed by atoms with Crippen LogP contribution >= 0.6 is 0 Å². The van der Waals surface area contributed by atoms with Gasteiger partial charge in [-0.3, -0.25) is 9.59 Å². The van der Waals surface area contributed by atoms with E-state index in [1.54, 1.807) is 6.20 Å². The molecule has 1 aromatic carbocycles. The van der Waals surface area contributed by atoms with Crippen molar-refractivity contribution in [3.63, 3.8) is 0 Å².